The predicted molar refractivity (Wildman–Crippen MR) is 68.3 cm³/mol. The predicted octanol–water partition coefficient (Wildman–Crippen LogP) is 4.14. The van der Waals surface area contributed by atoms with Gasteiger partial charge < -0.3 is 5.11 Å². The Bertz CT molecular complexity index is 192. The first-order valence-corrected chi connectivity index (χ1v) is 7.52. The summed E-state index contributed by atoms with van der Waals surface area (Å²) in [5.74, 6) is 2.56. The van der Waals surface area contributed by atoms with Crippen molar-refractivity contribution in [3.05, 3.63) is 0 Å². The van der Waals surface area contributed by atoms with Crippen LogP contribution in [-0.4, -0.2) is 11.2 Å². The third kappa shape index (κ3) is 3.00. The zero-order chi connectivity index (χ0) is 11.4. The van der Waals surface area contributed by atoms with Crippen LogP contribution in [0.4, 0.5) is 0 Å². The zero-order valence-electron chi connectivity index (χ0n) is 10.8. The van der Waals surface area contributed by atoms with Crippen LogP contribution < -0.4 is 0 Å². The van der Waals surface area contributed by atoms with Gasteiger partial charge in [0.1, 0.15) is 0 Å². The molecule has 2 aliphatic rings. The van der Waals surface area contributed by atoms with Crippen LogP contribution in [0.1, 0.15) is 71.1 Å². The van der Waals surface area contributed by atoms with E-state index < -0.39 is 0 Å². The topological polar surface area (TPSA) is 20.2 Å². The lowest BCUT2D eigenvalue weighted by Gasteiger charge is -2.12. The molecule has 1 N–H and O–H groups in total. The highest BCUT2D eigenvalue weighted by Crippen LogP contribution is 2.59. The van der Waals surface area contributed by atoms with E-state index in [0.717, 1.165) is 18.3 Å². The molecule has 0 bridgehead atoms. The fraction of sp³-hybridized carbons (Fsp3) is 1.00. The van der Waals surface area contributed by atoms with E-state index in [0.29, 0.717) is 5.92 Å². The Morgan fingerprint density at radius 1 is 1.00 bits per heavy atom. The van der Waals surface area contributed by atoms with Gasteiger partial charge in [0.25, 0.3) is 0 Å². The molecule has 2 rings (SSSR count). The van der Waals surface area contributed by atoms with E-state index in [1.54, 1.807) is 0 Å². The van der Waals surface area contributed by atoms with Crippen molar-refractivity contribution >= 4 is 0 Å². The van der Waals surface area contributed by atoms with Crippen molar-refractivity contribution < 1.29 is 5.11 Å². The molecule has 1 nitrogen and oxygen atoms in total. The van der Waals surface area contributed by atoms with Crippen LogP contribution >= 0.6 is 0 Å². The Hall–Kier alpha value is -0.0400. The van der Waals surface area contributed by atoms with Gasteiger partial charge in [-0.25, -0.2) is 0 Å². The summed E-state index contributed by atoms with van der Waals surface area (Å²) in [5.41, 5.74) is 0. The minimum Gasteiger partial charge on any atom is -0.393 e. The van der Waals surface area contributed by atoms with Crippen molar-refractivity contribution in [2.75, 3.05) is 0 Å². The molecule has 94 valence electrons. The van der Waals surface area contributed by atoms with Gasteiger partial charge in [0.05, 0.1) is 6.10 Å². The summed E-state index contributed by atoms with van der Waals surface area (Å²) < 4.78 is 0. The summed E-state index contributed by atoms with van der Waals surface area (Å²) in [5, 5.41) is 10.1. The number of aliphatic hydroxyl groups excluding tert-OH is 1. The summed E-state index contributed by atoms with van der Waals surface area (Å²) in [6.07, 6.45) is 13.4. The average Bonchev–Trinajstić information content (AvgIpc) is 2.77. The van der Waals surface area contributed by atoms with Gasteiger partial charge in [0.2, 0.25) is 0 Å². The minimum absolute atomic E-state index is 0.0430. The number of fused-ring (bicyclic) bond motifs is 1. The molecular formula is C15H28O. The van der Waals surface area contributed by atoms with Gasteiger partial charge in [0, 0.05) is 0 Å². The van der Waals surface area contributed by atoms with E-state index in [-0.39, 0.29) is 6.10 Å². The van der Waals surface area contributed by atoms with Gasteiger partial charge in [-0.3, -0.25) is 0 Å². The second-order valence-electron chi connectivity index (χ2n) is 5.96. The van der Waals surface area contributed by atoms with Crippen molar-refractivity contribution in [2.45, 2.75) is 77.2 Å². The van der Waals surface area contributed by atoms with Gasteiger partial charge in [0.15, 0.2) is 0 Å². The van der Waals surface area contributed by atoms with Crippen molar-refractivity contribution in [3.63, 3.8) is 0 Å². The number of unbranched alkanes of at least 4 members (excludes halogenated alkanes) is 5. The van der Waals surface area contributed by atoms with Crippen molar-refractivity contribution in [2.24, 2.45) is 17.8 Å². The van der Waals surface area contributed by atoms with Crippen LogP contribution in [-0.2, 0) is 0 Å². The van der Waals surface area contributed by atoms with E-state index in [4.69, 9.17) is 0 Å². The Morgan fingerprint density at radius 3 is 2.31 bits per heavy atom. The van der Waals surface area contributed by atoms with Crippen LogP contribution in [0.5, 0.6) is 0 Å². The van der Waals surface area contributed by atoms with E-state index >= 15 is 0 Å². The molecule has 0 amide bonds. The number of hydrogen-bond acceptors (Lipinski definition) is 1. The Balaban J connectivity index is 1.47. The third-order valence-electron chi connectivity index (χ3n) is 4.77. The van der Waals surface area contributed by atoms with Crippen LogP contribution in [0.3, 0.4) is 0 Å². The van der Waals surface area contributed by atoms with Crippen molar-refractivity contribution in [1.29, 1.82) is 0 Å². The molecule has 2 saturated carbocycles. The normalized spacial score (nSPS) is 33.8. The summed E-state index contributed by atoms with van der Waals surface area (Å²) >= 11 is 0. The van der Waals surface area contributed by atoms with Crippen LogP contribution in [0, 0.1) is 17.8 Å². The molecule has 0 aromatic heterocycles. The maximum absolute atomic E-state index is 10.1. The number of aliphatic hydroxyl groups is 1. The summed E-state index contributed by atoms with van der Waals surface area (Å²) in [6.45, 7) is 2.26. The lowest BCUT2D eigenvalue weighted by Crippen LogP contribution is -2.12. The van der Waals surface area contributed by atoms with Crippen molar-refractivity contribution in [3.8, 4) is 0 Å². The van der Waals surface area contributed by atoms with Gasteiger partial charge >= 0.3 is 0 Å². The molecule has 3 atom stereocenters. The van der Waals surface area contributed by atoms with Gasteiger partial charge in [-0.05, 0) is 37.0 Å². The smallest absolute Gasteiger partial charge is 0.0573 e. The maximum Gasteiger partial charge on any atom is 0.0573 e. The van der Waals surface area contributed by atoms with E-state index in [9.17, 15) is 5.11 Å². The van der Waals surface area contributed by atoms with Crippen LogP contribution in [0.2, 0.25) is 0 Å². The molecule has 0 aromatic rings. The van der Waals surface area contributed by atoms with Gasteiger partial charge in [-0.1, -0.05) is 51.9 Å². The number of hydrogen-bond donors (Lipinski definition) is 1. The van der Waals surface area contributed by atoms with Crippen LogP contribution in [0.25, 0.3) is 0 Å². The monoisotopic (exact) mass is 224 g/mol. The Morgan fingerprint density at radius 2 is 1.62 bits per heavy atom. The largest absolute Gasteiger partial charge is 0.393 e. The SMILES string of the molecule is CCCCCCCCC(O)C1C2CCCC21. The molecule has 2 fully saturated rings. The molecule has 3 unspecified atom stereocenters. The molecule has 0 radical (unpaired) electrons. The molecule has 1 heteroatoms. The quantitative estimate of drug-likeness (QED) is 0.614. The molecule has 2 aliphatic carbocycles. The third-order valence-corrected chi connectivity index (χ3v) is 4.77. The molecule has 16 heavy (non-hydrogen) atoms. The molecule has 0 spiro atoms. The lowest BCUT2D eigenvalue weighted by molar-refractivity contribution is 0.123. The van der Waals surface area contributed by atoms with Gasteiger partial charge in [-0.2, -0.15) is 0 Å². The first kappa shape index (κ1) is 12.4. The first-order chi connectivity index (χ1) is 7.84. The highest BCUT2D eigenvalue weighted by atomic mass is 16.3. The second kappa shape index (κ2) is 6.05. The fourth-order valence-electron chi connectivity index (χ4n) is 3.77. The van der Waals surface area contributed by atoms with E-state index in [1.807, 2.05) is 0 Å². The zero-order valence-corrected chi connectivity index (χ0v) is 10.8. The molecule has 0 saturated heterocycles. The molecule has 0 aromatic carbocycles. The van der Waals surface area contributed by atoms with E-state index in [2.05, 4.69) is 6.92 Å². The number of rotatable bonds is 8. The maximum atomic E-state index is 10.1. The molecule has 0 aliphatic heterocycles. The van der Waals surface area contributed by atoms with Crippen molar-refractivity contribution in [1.82, 2.24) is 0 Å². The molecule has 0 heterocycles. The highest BCUT2D eigenvalue weighted by Gasteiger charge is 2.55. The average molecular weight is 224 g/mol. The fourth-order valence-corrected chi connectivity index (χ4v) is 3.77. The minimum atomic E-state index is 0.0430. The lowest BCUT2D eigenvalue weighted by atomic mass is 10.0. The Labute approximate surface area is 101 Å². The second-order valence-corrected chi connectivity index (χ2v) is 5.96. The summed E-state index contributed by atoms with van der Waals surface area (Å²) in [7, 11) is 0. The molecular weight excluding hydrogens is 196 g/mol. The summed E-state index contributed by atoms with van der Waals surface area (Å²) in [6, 6.07) is 0. The van der Waals surface area contributed by atoms with Gasteiger partial charge in [-0.15, -0.1) is 0 Å². The van der Waals surface area contributed by atoms with Crippen LogP contribution in [0.15, 0.2) is 0 Å². The summed E-state index contributed by atoms with van der Waals surface area (Å²) in [4.78, 5) is 0. The standard InChI is InChI=1S/C15H28O/c1-2-3-4-5-6-7-11-14(16)15-12-9-8-10-13(12)15/h12-16H,2-11H2,1H3. The highest BCUT2D eigenvalue weighted by molar-refractivity contribution is 5.03. The Kier molecular flexibility index (Phi) is 4.69. The van der Waals surface area contributed by atoms with E-state index in [1.165, 1.54) is 57.8 Å². The first-order valence-electron chi connectivity index (χ1n) is 7.52.